The summed E-state index contributed by atoms with van der Waals surface area (Å²) in [5.41, 5.74) is 1.87. The molecule has 2 rings (SSSR count). The summed E-state index contributed by atoms with van der Waals surface area (Å²) in [6, 6.07) is 5.76. The van der Waals surface area contributed by atoms with Crippen molar-refractivity contribution in [2.45, 2.75) is 19.4 Å². The maximum Gasteiger partial charge on any atom is 0.122 e. The van der Waals surface area contributed by atoms with Crippen LogP contribution in [0.2, 0.25) is 0 Å². The fourth-order valence-electron chi connectivity index (χ4n) is 2.03. The van der Waals surface area contributed by atoms with Crippen molar-refractivity contribution >= 4 is 0 Å². The molecule has 0 saturated carbocycles. The van der Waals surface area contributed by atoms with Crippen LogP contribution in [0.4, 0.5) is 0 Å². The van der Waals surface area contributed by atoms with E-state index in [9.17, 15) is 0 Å². The van der Waals surface area contributed by atoms with E-state index < -0.39 is 0 Å². The van der Waals surface area contributed by atoms with Crippen molar-refractivity contribution in [1.82, 2.24) is 20.7 Å². The maximum absolute atomic E-state index is 5.32. The highest BCUT2D eigenvalue weighted by atomic mass is 16.5. The van der Waals surface area contributed by atoms with Gasteiger partial charge in [0.15, 0.2) is 0 Å². The first-order valence-electron chi connectivity index (χ1n) is 6.60. The highest BCUT2D eigenvalue weighted by molar-refractivity contribution is 5.41. The molecule has 0 radical (unpaired) electrons. The number of H-pyrrole nitrogens is 1. The smallest absolute Gasteiger partial charge is 0.122 e. The fraction of sp³-hybridized carbons (Fsp3) is 0.429. The van der Waals surface area contributed by atoms with E-state index in [1.807, 2.05) is 18.2 Å². The van der Waals surface area contributed by atoms with Crippen molar-refractivity contribution in [3.63, 3.8) is 0 Å². The summed E-state index contributed by atoms with van der Waals surface area (Å²) in [6.07, 6.45) is 2.76. The van der Waals surface area contributed by atoms with Crippen LogP contribution in [-0.4, -0.2) is 36.2 Å². The SMILES string of the molecule is CCCNC(c1cc(OC)cc(OC)c1)c1cn[nH]n1. The Kier molecular flexibility index (Phi) is 4.95. The van der Waals surface area contributed by atoms with Gasteiger partial charge in [-0.05, 0) is 30.7 Å². The van der Waals surface area contributed by atoms with Crippen LogP contribution >= 0.6 is 0 Å². The van der Waals surface area contributed by atoms with Crippen molar-refractivity contribution in [2.24, 2.45) is 0 Å². The molecule has 0 aliphatic carbocycles. The minimum atomic E-state index is -0.0438. The first-order chi connectivity index (χ1) is 9.78. The number of methoxy groups -OCH3 is 2. The third-order valence-corrected chi connectivity index (χ3v) is 3.03. The summed E-state index contributed by atoms with van der Waals surface area (Å²) in [4.78, 5) is 0. The van der Waals surface area contributed by atoms with Crippen LogP contribution in [0.25, 0.3) is 0 Å². The number of aromatic amines is 1. The van der Waals surface area contributed by atoms with Gasteiger partial charge < -0.3 is 14.8 Å². The Morgan fingerprint density at radius 1 is 1.20 bits per heavy atom. The highest BCUT2D eigenvalue weighted by Crippen LogP contribution is 2.29. The van der Waals surface area contributed by atoms with Crippen LogP contribution in [0.5, 0.6) is 11.5 Å². The molecule has 0 spiro atoms. The van der Waals surface area contributed by atoms with E-state index in [2.05, 4.69) is 27.7 Å². The zero-order valence-corrected chi connectivity index (χ0v) is 12.0. The van der Waals surface area contributed by atoms with Crippen LogP contribution in [0.15, 0.2) is 24.4 Å². The van der Waals surface area contributed by atoms with E-state index in [-0.39, 0.29) is 6.04 Å². The molecule has 1 aromatic carbocycles. The van der Waals surface area contributed by atoms with Gasteiger partial charge >= 0.3 is 0 Å². The molecular formula is C14H20N4O2. The number of benzene rings is 1. The lowest BCUT2D eigenvalue weighted by Crippen LogP contribution is -2.23. The van der Waals surface area contributed by atoms with Crippen LogP contribution in [0.3, 0.4) is 0 Å². The number of ether oxygens (including phenoxy) is 2. The molecule has 2 N–H and O–H groups in total. The van der Waals surface area contributed by atoms with Gasteiger partial charge in [0, 0.05) is 6.07 Å². The number of nitrogens with zero attached hydrogens (tertiary/aromatic N) is 2. The lowest BCUT2D eigenvalue weighted by Gasteiger charge is -2.18. The number of rotatable bonds is 7. The summed E-state index contributed by atoms with van der Waals surface area (Å²) < 4.78 is 10.6. The molecule has 0 saturated heterocycles. The fourth-order valence-corrected chi connectivity index (χ4v) is 2.03. The molecule has 6 heteroatoms. The number of aromatic nitrogens is 3. The summed E-state index contributed by atoms with van der Waals surface area (Å²) in [7, 11) is 3.28. The van der Waals surface area contributed by atoms with Crippen LogP contribution in [0, 0.1) is 0 Å². The predicted molar refractivity (Wildman–Crippen MR) is 76.1 cm³/mol. The second-order valence-electron chi connectivity index (χ2n) is 4.43. The van der Waals surface area contributed by atoms with Gasteiger partial charge in [-0.3, -0.25) is 0 Å². The van der Waals surface area contributed by atoms with E-state index in [0.29, 0.717) is 0 Å². The Morgan fingerprint density at radius 3 is 2.40 bits per heavy atom. The first kappa shape index (κ1) is 14.3. The Labute approximate surface area is 118 Å². The molecule has 1 unspecified atom stereocenters. The molecule has 0 aliphatic rings. The van der Waals surface area contributed by atoms with Crippen molar-refractivity contribution in [2.75, 3.05) is 20.8 Å². The summed E-state index contributed by atoms with van der Waals surface area (Å²) in [6.45, 7) is 3.01. The van der Waals surface area contributed by atoms with Gasteiger partial charge in [0.2, 0.25) is 0 Å². The van der Waals surface area contributed by atoms with Gasteiger partial charge in [-0.2, -0.15) is 15.4 Å². The Morgan fingerprint density at radius 2 is 1.90 bits per heavy atom. The van der Waals surface area contributed by atoms with Crippen LogP contribution in [-0.2, 0) is 0 Å². The van der Waals surface area contributed by atoms with Gasteiger partial charge in [-0.15, -0.1) is 0 Å². The minimum Gasteiger partial charge on any atom is -0.497 e. The molecule has 1 aromatic heterocycles. The summed E-state index contributed by atoms with van der Waals surface area (Å²) in [5, 5.41) is 14.2. The van der Waals surface area contributed by atoms with Crippen molar-refractivity contribution in [3.05, 3.63) is 35.7 Å². The average molecular weight is 276 g/mol. The van der Waals surface area contributed by atoms with Gasteiger partial charge in [-0.1, -0.05) is 6.92 Å². The molecule has 0 fully saturated rings. The standard InChI is InChI=1S/C14H20N4O2/c1-4-5-15-14(13-9-16-18-17-13)10-6-11(19-2)8-12(7-10)20-3/h6-9,14-15H,4-5H2,1-3H3,(H,16,17,18). The molecule has 0 bridgehead atoms. The minimum absolute atomic E-state index is 0.0438. The Bertz CT molecular complexity index is 506. The lowest BCUT2D eigenvalue weighted by atomic mass is 10.0. The third kappa shape index (κ3) is 3.27. The van der Waals surface area contributed by atoms with Gasteiger partial charge in [0.1, 0.15) is 17.2 Å². The topological polar surface area (TPSA) is 72.1 Å². The quantitative estimate of drug-likeness (QED) is 0.808. The van der Waals surface area contributed by atoms with E-state index in [1.54, 1.807) is 20.4 Å². The monoisotopic (exact) mass is 276 g/mol. The number of hydrogen-bond acceptors (Lipinski definition) is 5. The predicted octanol–water partition coefficient (Wildman–Crippen LogP) is 1.91. The third-order valence-electron chi connectivity index (χ3n) is 3.03. The van der Waals surface area contributed by atoms with Crippen molar-refractivity contribution < 1.29 is 9.47 Å². The summed E-state index contributed by atoms with van der Waals surface area (Å²) >= 11 is 0. The molecule has 0 aliphatic heterocycles. The lowest BCUT2D eigenvalue weighted by molar-refractivity contribution is 0.392. The van der Waals surface area contributed by atoms with Gasteiger partial charge in [0.05, 0.1) is 26.5 Å². The van der Waals surface area contributed by atoms with Crippen molar-refractivity contribution in [1.29, 1.82) is 0 Å². The normalized spacial score (nSPS) is 12.2. The zero-order chi connectivity index (χ0) is 14.4. The highest BCUT2D eigenvalue weighted by Gasteiger charge is 2.18. The van der Waals surface area contributed by atoms with E-state index in [4.69, 9.17) is 9.47 Å². The second-order valence-corrected chi connectivity index (χ2v) is 4.43. The first-order valence-corrected chi connectivity index (χ1v) is 6.60. The van der Waals surface area contributed by atoms with Crippen LogP contribution in [0.1, 0.15) is 30.6 Å². The Balaban J connectivity index is 2.37. The summed E-state index contributed by atoms with van der Waals surface area (Å²) in [5.74, 6) is 1.51. The second kappa shape index (κ2) is 6.91. The largest absolute Gasteiger partial charge is 0.497 e. The molecule has 0 amide bonds. The molecule has 2 aromatic rings. The molecule has 108 valence electrons. The average Bonchev–Trinajstić information content (AvgIpc) is 3.01. The van der Waals surface area contributed by atoms with E-state index in [1.165, 1.54) is 0 Å². The zero-order valence-electron chi connectivity index (χ0n) is 12.0. The van der Waals surface area contributed by atoms with Crippen LogP contribution < -0.4 is 14.8 Å². The van der Waals surface area contributed by atoms with Gasteiger partial charge in [0.25, 0.3) is 0 Å². The number of hydrogen-bond donors (Lipinski definition) is 2. The Hall–Kier alpha value is -2.08. The molecule has 1 heterocycles. The van der Waals surface area contributed by atoms with Gasteiger partial charge in [-0.25, -0.2) is 0 Å². The molecular weight excluding hydrogens is 256 g/mol. The molecule has 6 nitrogen and oxygen atoms in total. The molecule has 1 atom stereocenters. The number of nitrogens with one attached hydrogen (secondary N) is 2. The van der Waals surface area contributed by atoms with Crippen molar-refractivity contribution in [3.8, 4) is 11.5 Å². The maximum atomic E-state index is 5.32. The molecule has 20 heavy (non-hydrogen) atoms. The van der Waals surface area contributed by atoms with E-state index >= 15 is 0 Å². The van der Waals surface area contributed by atoms with E-state index in [0.717, 1.165) is 35.7 Å².